The molecule has 0 radical (unpaired) electrons. The summed E-state index contributed by atoms with van der Waals surface area (Å²) in [6.07, 6.45) is 0. The van der Waals surface area contributed by atoms with Crippen LogP contribution in [0.5, 0.6) is 5.75 Å². The van der Waals surface area contributed by atoms with E-state index in [2.05, 4.69) is 5.32 Å². The molecule has 0 aliphatic rings. The normalized spacial score (nSPS) is 11.0. The number of carbonyl (C=O) groups is 1. The van der Waals surface area contributed by atoms with Crippen LogP contribution in [0, 0.1) is 0 Å². The number of rotatable bonds is 8. The number of halogens is 1. The smallest absolute Gasteiger partial charge is 0.264 e. The lowest BCUT2D eigenvalue weighted by molar-refractivity contribution is -0.114. The van der Waals surface area contributed by atoms with Gasteiger partial charge in [0, 0.05) is 5.02 Å². The molecule has 0 fully saturated rings. The van der Waals surface area contributed by atoms with Gasteiger partial charge in [0.2, 0.25) is 5.91 Å². The third-order valence-corrected chi connectivity index (χ3v) is 6.20. The minimum atomic E-state index is -4.00. The Kier molecular flexibility index (Phi) is 6.97. The minimum absolute atomic E-state index is 0.0764. The number of carbonyl (C=O) groups excluding carboxylic acids is 1. The van der Waals surface area contributed by atoms with E-state index < -0.39 is 22.5 Å². The molecule has 6 nitrogen and oxygen atoms in total. The summed E-state index contributed by atoms with van der Waals surface area (Å²) in [7, 11) is -4.00. The van der Waals surface area contributed by atoms with Gasteiger partial charge in [-0.25, -0.2) is 8.42 Å². The number of ether oxygens (including phenoxy) is 1. The molecule has 0 aromatic heterocycles. The molecule has 0 aliphatic carbocycles. The van der Waals surface area contributed by atoms with E-state index in [1.54, 1.807) is 60.7 Å². The topological polar surface area (TPSA) is 75.7 Å². The first-order valence-electron chi connectivity index (χ1n) is 9.27. The molecule has 0 atom stereocenters. The van der Waals surface area contributed by atoms with Crippen LogP contribution in [0.2, 0.25) is 5.02 Å². The van der Waals surface area contributed by atoms with Gasteiger partial charge in [-0.2, -0.15) is 0 Å². The Bertz CT molecular complexity index is 1120. The third-order valence-electron chi connectivity index (χ3n) is 4.18. The summed E-state index contributed by atoms with van der Waals surface area (Å²) in [5, 5.41) is 3.09. The predicted molar refractivity (Wildman–Crippen MR) is 119 cm³/mol. The molecule has 1 N–H and O–H groups in total. The maximum absolute atomic E-state index is 13.3. The van der Waals surface area contributed by atoms with Gasteiger partial charge in [-0.3, -0.25) is 9.10 Å². The SMILES string of the molecule is CCOc1ccccc1NC(=O)CN(c1cccc(Cl)c1)S(=O)(=O)c1ccccc1. The fourth-order valence-electron chi connectivity index (χ4n) is 2.84. The molecular weight excluding hydrogens is 424 g/mol. The summed E-state index contributed by atoms with van der Waals surface area (Å²) in [5.41, 5.74) is 0.757. The molecule has 3 aromatic rings. The highest BCUT2D eigenvalue weighted by Gasteiger charge is 2.27. The van der Waals surface area contributed by atoms with Crippen molar-refractivity contribution in [2.24, 2.45) is 0 Å². The maximum Gasteiger partial charge on any atom is 0.264 e. The van der Waals surface area contributed by atoms with Gasteiger partial charge in [-0.15, -0.1) is 0 Å². The van der Waals surface area contributed by atoms with Crippen molar-refractivity contribution in [2.45, 2.75) is 11.8 Å². The first kappa shape index (κ1) is 21.7. The van der Waals surface area contributed by atoms with Crippen molar-refractivity contribution in [3.63, 3.8) is 0 Å². The fraction of sp³-hybridized carbons (Fsp3) is 0.136. The Balaban J connectivity index is 1.93. The van der Waals surface area contributed by atoms with E-state index in [4.69, 9.17) is 16.3 Å². The lowest BCUT2D eigenvalue weighted by Gasteiger charge is -2.24. The van der Waals surface area contributed by atoms with Crippen molar-refractivity contribution in [1.29, 1.82) is 0 Å². The maximum atomic E-state index is 13.3. The van der Waals surface area contributed by atoms with Crippen LogP contribution in [0.1, 0.15) is 6.92 Å². The lowest BCUT2D eigenvalue weighted by Crippen LogP contribution is -2.38. The number of nitrogens with one attached hydrogen (secondary N) is 1. The molecule has 0 heterocycles. The first-order valence-corrected chi connectivity index (χ1v) is 11.1. The number of hydrogen-bond acceptors (Lipinski definition) is 4. The number of hydrogen-bond donors (Lipinski definition) is 1. The summed E-state index contributed by atoms with van der Waals surface area (Å²) in [6, 6.07) is 21.3. The standard InChI is InChI=1S/C22H21ClN2O4S/c1-2-29-21-14-7-6-13-20(21)24-22(26)16-25(18-10-8-9-17(23)15-18)30(27,28)19-11-4-3-5-12-19/h3-15H,2,16H2,1H3,(H,24,26). The van der Waals surface area contributed by atoms with Gasteiger partial charge in [0.15, 0.2) is 0 Å². The van der Waals surface area contributed by atoms with Crippen LogP contribution in [0.3, 0.4) is 0 Å². The van der Waals surface area contributed by atoms with Crippen molar-refractivity contribution in [3.05, 3.63) is 83.9 Å². The van der Waals surface area contributed by atoms with E-state index in [0.29, 0.717) is 28.8 Å². The highest BCUT2D eigenvalue weighted by molar-refractivity contribution is 7.92. The second-order valence-electron chi connectivity index (χ2n) is 6.28. The molecule has 0 spiro atoms. The largest absolute Gasteiger partial charge is 0.492 e. The molecule has 0 saturated heterocycles. The zero-order valence-corrected chi connectivity index (χ0v) is 17.9. The van der Waals surface area contributed by atoms with Crippen LogP contribution in [0.4, 0.5) is 11.4 Å². The summed E-state index contributed by atoms with van der Waals surface area (Å²) in [6.45, 7) is 1.84. The minimum Gasteiger partial charge on any atom is -0.492 e. The van der Waals surface area contributed by atoms with E-state index in [-0.39, 0.29) is 4.90 Å². The number of nitrogens with zero attached hydrogens (tertiary/aromatic N) is 1. The van der Waals surface area contributed by atoms with Crippen LogP contribution >= 0.6 is 11.6 Å². The van der Waals surface area contributed by atoms with Crippen molar-refractivity contribution in [3.8, 4) is 5.75 Å². The zero-order valence-electron chi connectivity index (χ0n) is 16.3. The Morgan fingerprint density at radius 3 is 2.40 bits per heavy atom. The molecule has 0 saturated carbocycles. The Hall–Kier alpha value is -3.03. The molecule has 3 rings (SSSR count). The van der Waals surface area contributed by atoms with Crippen LogP contribution in [-0.4, -0.2) is 27.5 Å². The van der Waals surface area contributed by atoms with Gasteiger partial charge in [0.05, 0.1) is 22.9 Å². The second-order valence-corrected chi connectivity index (χ2v) is 8.58. The zero-order chi connectivity index (χ0) is 21.6. The molecule has 156 valence electrons. The molecular formula is C22H21ClN2O4S. The average Bonchev–Trinajstić information content (AvgIpc) is 2.74. The quantitative estimate of drug-likeness (QED) is 0.552. The number of anilines is 2. The molecule has 30 heavy (non-hydrogen) atoms. The summed E-state index contributed by atoms with van der Waals surface area (Å²) < 4.78 is 33.1. The Morgan fingerprint density at radius 2 is 1.70 bits per heavy atom. The van der Waals surface area contributed by atoms with Crippen molar-refractivity contribution in [2.75, 3.05) is 22.8 Å². The van der Waals surface area contributed by atoms with E-state index in [0.717, 1.165) is 4.31 Å². The van der Waals surface area contributed by atoms with Crippen molar-refractivity contribution < 1.29 is 17.9 Å². The van der Waals surface area contributed by atoms with Gasteiger partial charge < -0.3 is 10.1 Å². The van der Waals surface area contributed by atoms with Crippen LogP contribution in [0.15, 0.2) is 83.8 Å². The van der Waals surface area contributed by atoms with Crippen molar-refractivity contribution in [1.82, 2.24) is 0 Å². The number of benzene rings is 3. The first-order chi connectivity index (χ1) is 14.4. The highest BCUT2D eigenvalue weighted by Crippen LogP contribution is 2.27. The van der Waals surface area contributed by atoms with E-state index in [1.165, 1.54) is 18.2 Å². The molecule has 3 aromatic carbocycles. The monoisotopic (exact) mass is 444 g/mol. The summed E-state index contributed by atoms with van der Waals surface area (Å²) in [5.74, 6) is -0.00444. The average molecular weight is 445 g/mol. The van der Waals surface area contributed by atoms with E-state index in [9.17, 15) is 13.2 Å². The fourth-order valence-corrected chi connectivity index (χ4v) is 4.46. The Labute approximate surface area is 181 Å². The van der Waals surface area contributed by atoms with Gasteiger partial charge in [0.1, 0.15) is 12.3 Å². The van der Waals surface area contributed by atoms with Gasteiger partial charge in [-0.05, 0) is 49.4 Å². The second kappa shape index (κ2) is 9.65. The van der Waals surface area contributed by atoms with Crippen LogP contribution in [0.25, 0.3) is 0 Å². The molecule has 0 unspecified atom stereocenters. The van der Waals surface area contributed by atoms with Gasteiger partial charge >= 0.3 is 0 Å². The number of sulfonamides is 1. The molecule has 1 amide bonds. The number of amides is 1. The summed E-state index contributed by atoms with van der Waals surface area (Å²) in [4.78, 5) is 12.9. The van der Waals surface area contributed by atoms with Crippen LogP contribution in [-0.2, 0) is 14.8 Å². The lowest BCUT2D eigenvalue weighted by atomic mass is 10.3. The van der Waals surface area contributed by atoms with Crippen molar-refractivity contribution >= 4 is 38.9 Å². The Morgan fingerprint density at radius 1 is 1.00 bits per heavy atom. The van der Waals surface area contributed by atoms with Gasteiger partial charge in [0.25, 0.3) is 10.0 Å². The van der Waals surface area contributed by atoms with Gasteiger partial charge in [-0.1, -0.05) is 48.0 Å². The summed E-state index contributed by atoms with van der Waals surface area (Å²) >= 11 is 6.07. The molecule has 8 heteroatoms. The molecule has 0 aliphatic heterocycles. The highest BCUT2D eigenvalue weighted by atomic mass is 35.5. The predicted octanol–water partition coefficient (Wildman–Crippen LogP) is 4.57. The van der Waals surface area contributed by atoms with E-state index in [1.807, 2.05) is 6.92 Å². The molecule has 0 bridgehead atoms. The number of para-hydroxylation sites is 2. The van der Waals surface area contributed by atoms with E-state index >= 15 is 0 Å². The third kappa shape index (κ3) is 5.11. The van der Waals surface area contributed by atoms with Crippen LogP contribution < -0.4 is 14.4 Å².